The zero-order chi connectivity index (χ0) is 22.9. The maximum atomic E-state index is 12.9. The minimum atomic E-state index is -3.93. The molecule has 1 amide bonds. The molecule has 0 spiro atoms. The summed E-state index contributed by atoms with van der Waals surface area (Å²) in [7, 11) is -0.955. The molecule has 0 unspecified atom stereocenters. The van der Waals surface area contributed by atoms with E-state index in [0.29, 0.717) is 31.7 Å². The fourth-order valence-corrected chi connectivity index (χ4v) is 4.80. The Morgan fingerprint density at radius 2 is 1.91 bits per heavy atom. The van der Waals surface area contributed by atoms with E-state index in [4.69, 9.17) is 9.15 Å². The summed E-state index contributed by atoms with van der Waals surface area (Å²) >= 11 is 0. The highest BCUT2D eigenvalue weighted by molar-refractivity contribution is 7.89. The first-order valence-electron chi connectivity index (χ1n) is 10.0. The fraction of sp³-hybridized carbons (Fsp3) is 0.333. The minimum Gasteiger partial charge on any atom is -0.497 e. The molecule has 1 aromatic heterocycles. The standard InChI is InChI=1S/C21H24N4O6S/c1-23(32(28,29)17-6-7-18-19(13-17)31-21(27)22-18)14-20(26)25-10-8-24(9-11-25)15-4-3-5-16(12-15)30-2/h3-7,12-13H,8-11,14H2,1-2H3,(H,22,27). The monoisotopic (exact) mass is 460 g/mol. The highest BCUT2D eigenvalue weighted by atomic mass is 32.2. The van der Waals surface area contributed by atoms with Gasteiger partial charge in [0, 0.05) is 51.0 Å². The number of piperazine rings is 1. The van der Waals surface area contributed by atoms with Gasteiger partial charge >= 0.3 is 5.76 Å². The molecule has 2 aromatic carbocycles. The Bertz CT molecular complexity index is 1290. The van der Waals surface area contributed by atoms with Crippen LogP contribution in [0.2, 0.25) is 0 Å². The predicted octanol–water partition coefficient (Wildman–Crippen LogP) is 1.10. The van der Waals surface area contributed by atoms with E-state index < -0.39 is 15.8 Å². The molecule has 1 aliphatic heterocycles. The normalized spacial score (nSPS) is 14.8. The van der Waals surface area contributed by atoms with Crippen LogP contribution in [0, 0.1) is 0 Å². The van der Waals surface area contributed by atoms with Crippen molar-refractivity contribution >= 4 is 32.7 Å². The van der Waals surface area contributed by atoms with Gasteiger partial charge in [0.1, 0.15) is 5.75 Å². The maximum Gasteiger partial charge on any atom is 0.417 e. The number of oxazole rings is 1. The Balaban J connectivity index is 1.39. The third-order valence-electron chi connectivity index (χ3n) is 5.51. The van der Waals surface area contributed by atoms with Crippen LogP contribution in [0.3, 0.4) is 0 Å². The van der Waals surface area contributed by atoms with Crippen LogP contribution in [-0.4, -0.2) is 75.4 Å². The Morgan fingerprint density at radius 1 is 1.16 bits per heavy atom. The van der Waals surface area contributed by atoms with Crippen molar-refractivity contribution in [2.75, 3.05) is 51.8 Å². The highest BCUT2D eigenvalue weighted by Crippen LogP contribution is 2.23. The third-order valence-corrected chi connectivity index (χ3v) is 7.31. The first-order chi connectivity index (χ1) is 15.3. The van der Waals surface area contributed by atoms with Crippen LogP contribution in [0.25, 0.3) is 11.1 Å². The number of nitrogens with zero attached hydrogens (tertiary/aromatic N) is 3. The average Bonchev–Trinajstić information content (AvgIpc) is 3.18. The lowest BCUT2D eigenvalue weighted by Crippen LogP contribution is -2.51. The molecule has 1 saturated heterocycles. The lowest BCUT2D eigenvalue weighted by molar-refractivity contribution is -0.131. The Labute approximate surface area is 185 Å². The smallest absolute Gasteiger partial charge is 0.417 e. The topological polar surface area (TPSA) is 116 Å². The second-order valence-electron chi connectivity index (χ2n) is 7.50. The van der Waals surface area contributed by atoms with Gasteiger partial charge in [-0.25, -0.2) is 13.2 Å². The Morgan fingerprint density at radius 3 is 2.62 bits per heavy atom. The molecule has 0 saturated carbocycles. The number of sulfonamides is 1. The zero-order valence-electron chi connectivity index (χ0n) is 17.8. The van der Waals surface area contributed by atoms with Crippen LogP contribution in [0.5, 0.6) is 5.75 Å². The minimum absolute atomic E-state index is 0.0501. The summed E-state index contributed by atoms with van der Waals surface area (Å²) in [6, 6.07) is 11.8. The van der Waals surface area contributed by atoms with Crippen molar-refractivity contribution in [1.29, 1.82) is 0 Å². The van der Waals surface area contributed by atoms with Crippen LogP contribution in [0.4, 0.5) is 5.69 Å². The molecule has 1 N–H and O–H groups in total. The molecule has 0 atom stereocenters. The highest BCUT2D eigenvalue weighted by Gasteiger charge is 2.28. The van der Waals surface area contributed by atoms with E-state index in [9.17, 15) is 18.0 Å². The van der Waals surface area contributed by atoms with E-state index in [0.717, 1.165) is 15.7 Å². The lowest BCUT2D eigenvalue weighted by Gasteiger charge is -2.36. The van der Waals surface area contributed by atoms with Crippen molar-refractivity contribution in [1.82, 2.24) is 14.2 Å². The molecular weight excluding hydrogens is 436 g/mol. The number of methoxy groups -OCH3 is 1. The molecule has 0 radical (unpaired) electrons. The van der Waals surface area contributed by atoms with E-state index in [-0.39, 0.29) is 22.9 Å². The maximum absolute atomic E-state index is 12.9. The number of fused-ring (bicyclic) bond motifs is 1. The molecular formula is C21H24N4O6S. The van der Waals surface area contributed by atoms with Crippen molar-refractivity contribution in [3.05, 3.63) is 53.0 Å². The molecule has 1 aliphatic rings. The van der Waals surface area contributed by atoms with Gasteiger partial charge in [0.05, 0.1) is 24.1 Å². The van der Waals surface area contributed by atoms with Crippen LogP contribution in [0.1, 0.15) is 0 Å². The first-order valence-corrected chi connectivity index (χ1v) is 11.5. The number of H-pyrrole nitrogens is 1. The largest absolute Gasteiger partial charge is 0.497 e. The molecule has 32 heavy (non-hydrogen) atoms. The SMILES string of the molecule is COc1cccc(N2CCN(C(=O)CN(C)S(=O)(=O)c3ccc4[nH]c(=O)oc4c3)CC2)c1. The number of nitrogens with one attached hydrogen (secondary N) is 1. The van der Waals surface area contributed by atoms with Gasteiger partial charge in [-0.3, -0.25) is 9.78 Å². The molecule has 0 bridgehead atoms. The first kappa shape index (κ1) is 21.9. The molecule has 2 heterocycles. The summed E-state index contributed by atoms with van der Waals surface area (Å²) in [5.74, 6) is -0.160. The van der Waals surface area contributed by atoms with Gasteiger partial charge in [0.2, 0.25) is 15.9 Å². The summed E-state index contributed by atoms with van der Waals surface area (Å²) in [6.07, 6.45) is 0. The van der Waals surface area contributed by atoms with E-state index >= 15 is 0 Å². The van der Waals surface area contributed by atoms with Crippen LogP contribution < -0.4 is 15.4 Å². The summed E-state index contributed by atoms with van der Waals surface area (Å²) in [4.78, 5) is 30.3. The van der Waals surface area contributed by atoms with Crippen LogP contribution >= 0.6 is 0 Å². The number of hydrogen-bond donors (Lipinski definition) is 1. The van der Waals surface area contributed by atoms with Crippen molar-refractivity contribution in [3.8, 4) is 5.75 Å². The molecule has 170 valence electrons. The van der Waals surface area contributed by atoms with E-state index in [2.05, 4.69) is 9.88 Å². The van der Waals surface area contributed by atoms with Crippen LogP contribution in [-0.2, 0) is 14.8 Å². The van der Waals surface area contributed by atoms with Crippen molar-refractivity contribution in [2.45, 2.75) is 4.90 Å². The lowest BCUT2D eigenvalue weighted by atomic mass is 10.2. The number of amides is 1. The van der Waals surface area contributed by atoms with Crippen molar-refractivity contribution in [3.63, 3.8) is 0 Å². The predicted molar refractivity (Wildman–Crippen MR) is 118 cm³/mol. The number of aromatic amines is 1. The summed E-state index contributed by atoms with van der Waals surface area (Å²) in [5, 5.41) is 0. The van der Waals surface area contributed by atoms with Gasteiger partial charge in [0.25, 0.3) is 0 Å². The van der Waals surface area contributed by atoms with Gasteiger partial charge in [-0.05, 0) is 24.3 Å². The Hall–Kier alpha value is -3.31. The molecule has 4 rings (SSSR count). The van der Waals surface area contributed by atoms with E-state index in [1.54, 1.807) is 12.0 Å². The third kappa shape index (κ3) is 4.34. The number of benzene rings is 2. The number of likely N-dealkylation sites (N-methyl/N-ethyl adjacent to an activating group) is 1. The average molecular weight is 461 g/mol. The number of hydrogen-bond acceptors (Lipinski definition) is 7. The second kappa shape index (κ2) is 8.67. The number of anilines is 1. The quantitative estimate of drug-likeness (QED) is 0.586. The fourth-order valence-electron chi connectivity index (χ4n) is 3.66. The number of carbonyl (C=O) groups is 1. The zero-order valence-corrected chi connectivity index (χ0v) is 18.6. The van der Waals surface area contributed by atoms with Gasteiger partial charge in [-0.15, -0.1) is 0 Å². The number of carbonyl (C=O) groups excluding carboxylic acids is 1. The molecule has 10 nitrogen and oxygen atoms in total. The Kier molecular flexibility index (Phi) is 5.94. The summed E-state index contributed by atoms with van der Waals surface area (Å²) < 4.78 is 37.0. The van der Waals surface area contributed by atoms with Gasteiger partial charge in [0.15, 0.2) is 5.58 Å². The van der Waals surface area contributed by atoms with Gasteiger partial charge < -0.3 is 19.0 Å². The van der Waals surface area contributed by atoms with E-state index in [1.165, 1.54) is 25.2 Å². The van der Waals surface area contributed by atoms with Crippen molar-refractivity contribution in [2.24, 2.45) is 0 Å². The van der Waals surface area contributed by atoms with Crippen molar-refractivity contribution < 1.29 is 22.4 Å². The van der Waals surface area contributed by atoms with Crippen LogP contribution in [0.15, 0.2) is 56.6 Å². The second-order valence-corrected chi connectivity index (χ2v) is 9.55. The number of rotatable bonds is 6. The molecule has 0 aliphatic carbocycles. The number of ether oxygens (including phenoxy) is 1. The molecule has 3 aromatic rings. The summed E-state index contributed by atoms with van der Waals surface area (Å²) in [5.41, 5.74) is 1.56. The number of aromatic nitrogens is 1. The van der Waals surface area contributed by atoms with Gasteiger partial charge in [-0.1, -0.05) is 6.07 Å². The molecule has 1 fully saturated rings. The van der Waals surface area contributed by atoms with Gasteiger partial charge in [-0.2, -0.15) is 4.31 Å². The van der Waals surface area contributed by atoms with E-state index in [1.807, 2.05) is 24.3 Å². The summed E-state index contributed by atoms with van der Waals surface area (Å²) in [6.45, 7) is 1.97. The molecule has 11 heteroatoms.